The number of aliphatic hydroxyl groups is 1. The first-order valence-electron chi connectivity index (χ1n) is 3.42. The van der Waals surface area contributed by atoms with Gasteiger partial charge in [0.2, 0.25) is 0 Å². The number of aliphatic hydroxyl groups excluding tert-OH is 1. The van der Waals surface area contributed by atoms with Gasteiger partial charge >= 0.3 is 0 Å². The van der Waals surface area contributed by atoms with Gasteiger partial charge in [0.15, 0.2) is 0 Å². The monoisotopic (exact) mass is 125 g/mol. The van der Waals surface area contributed by atoms with E-state index >= 15 is 0 Å². The quantitative estimate of drug-likeness (QED) is 0.436. The first-order valence-corrected chi connectivity index (χ1v) is 3.42. The largest absolute Gasteiger partial charge is 0.396 e. The molecule has 0 aliphatic heterocycles. The summed E-state index contributed by atoms with van der Waals surface area (Å²) < 4.78 is 0. The van der Waals surface area contributed by atoms with Gasteiger partial charge in [-0.2, -0.15) is 0 Å². The predicted molar refractivity (Wildman–Crippen MR) is 37.3 cm³/mol. The molecular weight excluding hydrogens is 112 g/mol. The molecule has 0 saturated carbocycles. The highest BCUT2D eigenvalue weighted by molar-refractivity contribution is 4.74. The van der Waals surface area contributed by atoms with Crippen molar-refractivity contribution < 1.29 is 5.11 Å². The van der Waals surface area contributed by atoms with Gasteiger partial charge in [-0.25, -0.2) is 0 Å². The molecule has 0 aromatic rings. The average Bonchev–Trinajstić information content (AvgIpc) is 1.89. The molecule has 1 radical (unpaired) electrons. The van der Waals surface area contributed by atoms with E-state index in [1.807, 2.05) is 0 Å². The van der Waals surface area contributed by atoms with Crippen molar-refractivity contribution in [3.63, 3.8) is 0 Å². The first kappa shape index (κ1) is 8.52. The van der Waals surface area contributed by atoms with Crippen molar-refractivity contribution in [3.05, 3.63) is 6.42 Å². The molecule has 1 nitrogen and oxygen atoms in total. The van der Waals surface area contributed by atoms with Gasteiger partial charge < -0.3 is 5.11 Å². The summed E-state index contributed by atoms with van der Waals surface area (Å²) in [6.45, 7) is 0.300. The Morgan fingerprint density at radius 3 is 2.33 bits per heavy atom. The van der Waals surface area contributed by atoms with Gasteiger partial charge in [-0.3, -0.25) is 0 Å². The summed E-state index contributed by atoms with van der Waals surface area (Å²) in [5, 5.41) is 8.37. The lowest BCUT2D eigenvalue weighted by Gasteiger charge is -1.93. The molecule has 0 saturated heterocycles. The molecular formula is C8H13O. The van der Waals surface area contributed by atoms with Crippen molar-refractivity contribution in [2.45, 2.75) is 32.1 Å². The van der Waals surface area contributed by atoms with Crippen LogP contribution >= 0.6 is 0 Å². The van der Waals surface area contributed by atoms with Crippen LogP contribution in [0.4, 0.5) is 0 Å². The van der Waals surface area contributed by atoms with Crippen LogP contribution < -0.4 is 0 Å². The summed E-state index contributed by atoms with van der Waals surface area (Å²) in [6.07, 6.45) is 11.5. The maximum Gasteiger partial charge on any atom is 0.0431 e. The molecule has 0 spiro atoms. The number of hydrogen-bond acceptors (Lipinski definition) is 1. The molecule has 0 aromatic heterocycles. The molecule has 0 amide bonds. The Bertz CT molecular complexity index is 81.1. The van der Waals surface area contributed by atoms with Crippen LogP contribution in [-0.2, 0) is 0 Å². The number of rotatable bonds is 5. The summed E-state index contributed by atoms with van der Waals surface area (Å²) >= 11 is 0. The number of unbranched alkanes of at least 4 members (excludes halogenated alkanes) is 4. The lowest BCUT2D eigenvalue weighted by molar-refractivity contribution is 0.282. The minimum absolute atomic E-state index is 0.300. The Kier molecular flexibility index (Phi) is 7.12. The highest BCUT2D eigenvalue weighted by Crippen LogP contribution is 2.00. The smallest absolute Gasteiger partial charge is 0.0431 e. The summed E-state index contributed by atoms with van der Waals surface area (Å²) in [5.74, 6) is 2.33. The SMILES string of the molecule is [C]#CCCCCCCO. The van der Waals surface area contributed by atoms with E-state index in [0.717, 1.165) is 32.1 Å². The second kappa shape index (κ2) is 7.52. The van der Waals surface area contributed by atoms with E-state index in [2.05, 4.69) is 5.92 Å². The van der Waals surface area contributed by atoms with Crippen LogP contribution in [0.1, 0.15) is 32.1 Å². The van der Waals surface area contributed by atoms with Crippen LogP contribution in [0, 0.1) is 12.3 Å². The minimum Gasteiger partial charge on any atom is -0.396 e. The molecule has 0 aliphatic rings. The van der Waals surface area contributed by atoms with E-state index < -0.39 is 0 Å². The van der Waals surface area contributed by atoms with Crippen molar-refractivity contribution in [1.82, 2.24) is 0 Å². The molecule has 51 valence electrons. The molecule has 0 bridgehead atoms. The van der Waals surface area contributed by atoms with E-state index in [4.69, 9.17) is 11.5 Å². The first-order chi connectivity index (χ1) is 4.41. The number of hydrogen-bond donors (Lipinski definition) is 1. The van der Waals surface area contributed by atoms with Gasteiger partial charge in [0.05, 0.1) is 0 Å². The Morgan fingerprint density at radius 1 is 1.11 bits per heavy atom. The standard InChI is InChI=1S/C8H13O/c1-2-3-4-5-6-7-8-9/h9H,3-8H2. The molecule has 0 fully saturated rings. The average molecular weight is 125 g/mol. The lowest BCUT2D eigenvalue weighted by atomic mass is 10.1. The molecule has 1 heteroatoms. The van der Waals surface area contributed by atoms with Gasteiger partial charge in [0.25, 0.3) is 0 Å². The molecule has 0 aliphatic carbocycles. The van der Waals surface area contributed by atoms with Crippen LogP contribution in [0.25, 0.3) is 0 Å². The Balaban J connectivity index is 2.69. The third kappa shape index (κ3) is 7.52. The Morgan fingerprint density at radius 2 is 1.78 bits per heavy atom. The fourth-order valence-electron chi connectivity index (χ4n) is 0.679. The van der Waals surface area contributed by atoms with Crippen molar-refractivity contribution in [3.8, 4) is 5.92 Å². The van der Waals surface area contributed by atoms with Gasteiger partial charge in [-0.1, -0.05) is 18.8 Å². The summed E-state index contributed by atoms with van der Waals surface area (Å²) in [6, 6.07) is 0. The molecule has 1 N–H and O–H groups in total. The van der Waals surface area contributed by atoms with Crippen molar-refractivity contribution in [2.24, 2.45) is 0 Å². The topological polar surface area (TPSA) is 20.2 Å². The second-order valence-corrected chi connectivity index (χ2v) is 2.06. The zero-order chi connectivity index (χ0) is 6.95. The van der Waals surface area contributed by atoms with Crippen LogP contribution in [0.2, 0.25) is 0 Å². The molecule has 0 unspecified atom stereocenters. The highest BCUT2D eigenvalue weighted by atomic mass is 16.2. The maximum absolute atomic E-state index is 8.37. The van der Waals surface area contributed by atoms with E-state index in [9.17, 15) is 0 Å². The summed E-state index contributed by atoms with van der Waals surface area (Å²) in [4.78, 5) is 0. The molecule has 0 atom stereocenters. The van der Waals surface area contributed by atoms with Crippen molar-refractivity contribution >= 4 is 0 Å². The molecule has 0 aromatic carbocycles. The predicted octanol–water partition coefficient (Wildman–Crippen LogP) is 1.52. The Hall–Kier alpha value is -0.480. The van der Waals surface area contributed by atoms with Crippen LogP contribution in [-0.4, -0.2) is 11.7 Å². The van der Waals surface area contributed by atoms with Crippen LogP contribution in [0.5, 0.6) is 0 Å². The highest BCUT2D eigenvalue weighted by Gasteiger charge is 1.85. The lowest BCUT2D eigenvalue weighted by Crippen LogP contribution is -1.82. The van der Waals surface area contributed by atoms with Crippen molar-refractivity contribution in [2.75, 3.05) is 6.61 Å². The van der Waals surface area contributed by atoms with E-state index in [-0.39, 0.29) is 0 Å². The Labute approximate surface area is 57.1 Å². The third-order valence-corrected chi connectivity index (χ3v) is 1.21. The third-order valence-electron chi connectivity index (χ3n) is 1.21. The fraction of sp³-hybridized carbons (Fsp3) is 0.750. The van der Waals surface area contributed by atoms with Gasteiger partial charge in [-0.05, 0) is 19.3 Å². The summed E-state index contributed by atoms with van der Waals surface area (Å²) in [5.41, 5.74) is 0. The second-order valence-electron chi connectivity index (χ2n) is 2.06. The molecule has 0 rings (SSSR count). The van der Waals surface area contributed by atoms with Gasteiger partial charge in [0, 0.05) is 13.0 Å². The maximum atomic E-state index is 8.37. The van der Waals surface area contributed by atoms with E-state index in [0.29, 0.717) is 6.61 Å². The zero-order valence-electron chi connectivity index (χ0n) is 5.69. The molecule has 0 heterocycles. The normalized spacial score (nSPS) is 8.89. The minimum atomic E-state index is 0.300. The van der Waals surface area contributed by atoms with Crippen molar-refractivity contribution in [1.29, 1.82) is 0 Å². The summed E-state index contributed by atoms with van der Waals surface area (Å²) in [7, 11) is 0. The van der Waals surface area contributed by atoms with Crippen LogP contribution in [0.3, 0.4) is 0 Å². The van der Waals surface area contributed by atoms with E-state index in [1.54, 1.807) is 0 Å². The van der Waals surface area contributed by atoms with E-state index in [1.165, 1.54) is 0 Å². The van der Waals surface area contributed by atoms with Crippen LogP contribution in [0.15, 0.2) is 0 Å². The van der Waals surface area contributed by atoms with Gasteiger partial charge in [-0.15, -0.1) is 0 Å². The molecule has 9 heavy (non-hydrogen) atoms. The fourth-order valence-corrected chi connectivity index (χ4v) is 0.679. The zero-order valence-corrected chi connectivity index (χ0v) is 5.69. The van der Waals surface area contributed by atoms with Gasteiger partial charge in [0.1, 0.15) is 0 Å².